The minimum atomic E-state index is -0.838. The molecule has 1 unspecified atom stereocenters. The van der Waals surface area contributed by atoms with Crippen LogP contribution in [0, 0.1) is 5.92 Å². The molecule has 0 radical (unpaired) electrons. The predicted octanol–water partition coefficient (Wildman–Crippen LogP) is 1.64. The van der Waals surface area contributed by atoms with Crippen LogP contribution < -0.4 is 10.6 Å². The van der Waals surface area contributed by atoms with E-state index in [2.05, 4.69) is 11.9 Å². The normalized spacial score (nSPS) is 18.3. The third-order valence-electron chi connectivity index (χ3n) is 3.26. The Balaban J connectivity index is 2.40. The van der Waals surface area contributed by atoms with Crippen molar-refractivity contribution in [2.45, 2.75) is 19.8 Å². The molecule has 1 aliphatic rings. The molecule has 2 N–H and O–H groups in total. The van der Waals surface area contributed by atoms with Crippen LogP contribution in [0.5, 0.6) is 0 Å². The lowest BCUT2D eigenvalue weighted by molar-refractivity contribution is -0.120. The number of primary amides is 1. The van der Waals surface area contributed by atoms with Gasteiger partial charge in [0.25, 0.3) is 0 Å². The Hall–Kier alpha value is -1.62. The molecule has 0 saturated heterocycles. The number of amides is 1. The molecule has 19 heavy (non-hydrogen) atoms. The first kappa shape index (κ1) is 13.8. The Morgan fingerprint density at radius 2 is 2.32 bits per heavy atom. The van der Waals surface area contributed by atoms with Gasteiger partial charge in [-0.3, -0.25) is 9.59 Å². The number of unbranched alkanes of at least 4 members (excludes halogenated alkanes) is 1. The largest absolute Gasteiger partial charge is 0.369 e. The fraction of sp³-hybridized carbons (Fsp3) is 0.462. The summed E-state index contributed by atoms with van der Waals surface area (Å²) in [5.74, 6) is -1.79. The first-order valence-electron chi connectivity index (χ1n) is 6.29. The SMILES string of the molecule is CCCCN1CC(C(N)=O)C(=O)c2nc(Cl)ccc21. The molecular weight excluding hydrogens is 266 g/mol. The van der Waals surface area contributed by atoms with Gasteiger partial charge in [0.2, 0.25) is 5.91 Å². The first-order valence-corrected chi connectivity index (χ1v) is 6.67. The minimum absolute atomic E-state index is 0.243. The van der Waals surface area contributed by atoms with Crippen LogP contribution >= 0.6 is 11.6 Å². The number of hydrogen-bond acceptors (Lipinski definition) is 4. The van der Waals surface area contributed by atoms with Crippen molar-refractivity contribution in [1.29, 1.82) is 0 Å². The maximum Gasteiger partial charge on any atom is 0.230 e. The second-order valence-corrected chi connectivity index (χ2v) is 5.01. The van der Waals surface area contributed by atoms with E-state index >= 15 is 0 Å². The summed E-state index contributed by atoms with van der Waals surface area (Å²) in [7, 11) is 0. The van der Waals surface area contributed by atoms with Crippen molar-refractivity contribution < 1.29 is 9.59 Å². The van der Waals surface area contributed by atoms with Crippen molar-refractivity contribution >= 4 is 29.0 Å². The van der Waals surface area contributed by atoms with E-state index < -0.39 is 11.8 Å². The fourth-order valence-corrected chi connectivity index (χ4v) is 2.36. The summed E-state index contributed by atoms with van der Waals surface area (Å²) >= 11 is 5.82. The zero-order valence-corrected chi connectivity index (χ0v) is 11.5. The summed E-state index contributed by atoms with van der Waals surface area (Å²) in [6.45, 7) is 3.18. The van der Waals surface area contributed by atoms with Crippen LogP contribution in [0.1, 0.15) is 30.3 Å². The molecule has 0 aromatic carbocycles. The van der Waals surface area contributed by atoms with Crippen molar-refractivity contribution in [3.63, 3.8) is 0 Å². The van der Waals surface area contributed by atoms with E-state index in [0.717, 1.165) is 25.1 Å². The van der Waals surface area contributed by atoms with Crippen LogP contribution in [0.2, 0.25) is 5.15 Å². The first-order chi connectivity index (χ1) is 9.04. The number of nitrogens with zero attached hydrogens (tertiary/aromatic N) is 2. The Morgan fingerprint density at radius 3 is 2.95 bits per heavy atom. The van der Waals surface area contributed by atoms with Gasteiger partial charge in [0.1, 0.15) is 16.8 Å². The Bertz CT molecular complexity index is 519. The average Bonchev–Trinajstić information content (AvgIpc) is 2.38. The summed E-state index contributed by atoms with van der Waals surface area (Å²) in [5.41, 5.74) is 6.28. The van der Waals surface area contributed by atoms with Gasteiger partial charge in [-0.05, 0) is 18.6 Å². The van der Waals surface area contributed by atoms with Crippen LogP contribution in [0.25, 0.3) is 0 Å². The molecule has 0 saturated carbocycles. The Morgan fingerprint density at radius 1 is 1.58 bits per heavy atom. The molecule has 5 nitrogen and oxygen atoms in total. The monoisotopic (exact) mass is 281 g/mol. The molecular formula is C13H16ClN3O2. The average molecular weight is 282 g/mol. The number of fused-ring (bicyclic) bond motifs is 1. The van der Waals surface area contributed by atoms with Crippen LogP contribution in [-0.4, -0.2) is 29.8 Å². The molecule has 2 rings (SSSR count). The molecule has 102 valence electrons. The number of ketones is 1. The van der Waals surface area contributed by atoms with Gasteiger partial charge in [-0.2, -0.15) is 0 Å². The molecule has 1 amide bonds. The number of rotatable bonds is 4. The maximum atomic E-state index is 12.2. The third kappa shape index (κ3) is 2.71. The molecule has 0 fully saturated rings. The molecule has 0 bridgehead atoms. The van der Waals surface area contributed by atoms with Crippen molar-refractivity contribution in [1.82, 2.24) is 4.98 Å². The van der Waals surface area contributed by atoms with Gasteiger partial charge < -0.3 is 10.6 Å². The zero-order chi connectivity index (χ0) is 14.0. The molecule has 1 aromatic heterocycles. The zero-order valence-electron chi connectivity index (χ0n) is 10.7. The van der Waals surface area contributed by atoms with E-state index in [1.54, 1.807) is 12.1 Å². The second-order valence-electron chi connectivity index (χ2n) is 4.62. The van der Waals surface area contributed by atoms with Crippen LogP contribution in [0.3, 0.4) is 0 Å². The molecule has 6 heteroatoms. The highest BCUT2D eigenvalue weighted by molar-refractivity contribution is 6.29. The summed E-state index contributed by atoms with van der Waals surface area (Å²) in [6, 6.07) is 3.42. The van der Waals surface area contributed by atoms with Gasteiger partial charge >= 0.3 is 0 Å². The summed E-state index contributed by atoms with van der Waals surface area (Å²) in [5, 5.41) is 0.243. The van der Waals surface area contributed by atoms with Gasteiger partial charge in [-0.15, -0.1) is 0 Å². The number of carbonyl (C=O) groups is 2. The molecule has 0 spiro atoms. The number of hydrogen-bond donors (Lipinski definition) is 1. The topological polar surface area (TPSA) is 76.3 Å². The number of nitrogens with two attached hydrogens (primary N) is 1. The van der Waals surface area contributed by atoms with E-state index in [-0.39, 0.29) is 16.6 Å². The lowest BCUT2D eigenvalue weighted by Gasteiger charge is -2.33. The minimum Gasteiger partial charge on any atom is -0.369 e. The van der Waals surface area contributed by atoms with E-state index in [1.165, 1.54) is 0 Å². The van der Waals surface area contributed by atoms with E-state index in [0.29, 0.717) is 6.54 Å². The van der Waals surface area contributed by atoms with Gasteiger partial charge in [-0.1, -0.05) is 24.9 Å². The van der Waals surface area contributed by atoms with Gasteiger partial charge in [-0.25, -0.2) is 4.98 Å². The summed E-state index contributed by atoms with van der Waals surface area (Å²) in [4.78, 5) is 29.6. The predicted molar refractivity (Wildman–Crippen MR) is 73.4 cm³/mol. The Labute approximate surface area is 116 Å². The molecule has 1 aromatic rings. The fourth-order valence-electron chi connectivity index (χ4n) is 2.21. The molecule has 2 heterocycles. The van der Waals surface area contributed by atoms with Crippen molar-refractivity contribution in [2.24, 2.45) is 11.7 Å². The Kier molecular flexibility index (Phi) is 4.04. The lowest BCUT2D eigenvalue weighted by Crippen LogP contribution is -2.46. The lowest BCUT2D eigenvalue weighted by atomic mass is 9.94. The highest BCUT2D eigenvalue weighted by Crippen LogP contribution is 2.29. The van der Waals surface area contributed by atoms with Gasteiger partial charge in [0, 0.05) is 13.1 Å². The van der Waals surface area contributed by atoms with Crippen molar-refractivity contribution in [2.75, 3.05) is 18.0 Å². The third-order valence-corrected chi connectivity index (χ3v) is 3.47. The second kappa shape index (κ2) is 5.57. The number of Topliss-reactive ketones (excluding diaryl/α,β-unsaturated/α-hetero) is 1. The summed E-state index contributed by atoms with van der Waals surface area (Å²) in [6.07, 6.45) is 2.00. The number of anilines is 1. The molecule has 1 atom stereocenters. The smallest absolute Gasteiger partial charge is 0.230 e. The summed E-state index contributed by atoms with van der Waals surface area (Å²) < 4.78 is 0. The standard InChI is InChI=1S/C13H16ClN3O2/c1-2-3-6-17-7-8(13(15)19)12(18)11-9(17)4-5-10(14)16-11/h4-5,8H,2-3,6-7H2,1H3,(H2,15,19). The van der Waals surface area contributed by atoms with Crippen LogP contribution in [0.4, 0.5) is 5.69 Å². The van der Waals surface area contributed by atoms with E-state index in [9.17, 15) is 9.59 Å². The maximum absolute atomic E-state index is 12.2. The van der Waals surface area contributed by atoms with Crippen LogP contribution in [0.15, 0.2) is 12.1 Å². The molecule has 1 aliphatic heterocycles. The highest BCUT2D eigenvalue weighted by Gasteiger charge is 2.36. The van der Waals surface area contributed by atoms with Gasteiger partial charge in [0.05, 0.1) is 5.69 Å². The highest BCUT2D eigenvalue weighted by atomic mass is 35.5. The van der Waals surface area contributed by atoms with Crippen molar-refractivity contribution in [3.05, 3.63) is 23.0 Å². The van der Waals surface area contributed by atoms with Crippen molar-refractivity contribution in [3.8, 4) is 0 Å². The number of pyridine rings is 1. The number of carbonyl (C=O) groups excluding carboxylic acids is 2. The number of halogens is 1. The van der Waals surface area contributed by atoms with E-state index in [4.69, 9.17) is 17.3 Å². The van der Waals surface area contributed by atoms with E-state index in [1.807, 2.05) is 4.90 Å². The quantitative estimate of drug-likeness (QED) is 0.672. The number of aromatic nitrogens is 1. The molecule has 0 aliphatic carbocycles. The van der Waals surface area contributed by atoms with Crippen LogP contribution in [-0.2, 0) is 4.79 Å². The van der Waals surface area contributed by atoms with Gasteiger partial charge in [0.15, 0.2) is 5.78 Å².